The summed E-state index contributed by atoms with van der Waals surface area (Å²) in [6, 6.07) is 0. The van der Waals surface area contributed by atoms with Crippen molar-refractivity contribution in [3.63, 3.8) is 0 Å². The maximum absolute atomic E-state index is 10.1. The Morgan fingerprint density at radius 3 is 1.43 bits per heavy atom. The highest BCUT2D eigenvalue weighted by atomic mass is 31.2. The van der Waals surface area contributed by atoms with Crippen molar-refractivity contribution >= 4 is 16.5 Å². The van der Waals surface area contributed by atoms with Crippen LogP contribution in [0.3, 0.4) is 0 Å². The lowest BCUT2D eigenvalue weighted by Gasteiger charge is -2.21. The molecule has 0 radical (unpaired) electrons. The highest BCUT2D eigenvalue weighted by Gasteiger charge is 2.46. The van der Waals surface area contributed by atoms with E-state index < -0.39 is 16.5 Å². The first-order chi connectivity index (χ1) is 10.1. The van der Waals surface area contributed by atoms with Crippen LogP contribution in [0.25, 0.3) is 0 Å². The molecule has 6 nitrogen and oxygen atoms in total. The molecule has 1 aliphatic rings. The molecule has 0 aromatic heterocycles. The smallest absolute Gasteiger partial charge is 0.303 e. The second kappa shape index (κ2) is 15.0. The molecule has 2 atom stereocenters. The zero-order chi connectivity index (χ0) is 15.9. The molecule has 124 valence electrons. The number of unbranched alkanes of at least 4 members (excludes halogenated alkanes) is 3. The van der Waals surface area contributed by atoms with E-state index in [0.29, 0.717) is 0 Å². The van der Waals surface area contributed by atoms with Gasteiger partial charge in [0.05, 0.1) is 0 Å². The van der Waals surface area contributed by atoms with Crippen molar-refractivity contribution < 1.29 is 22.5 Å². The van der Waals surface area contributed by atoms with E-state index in [1.54, 1.807) is 0 Å². The van der Waals surface area contributed by atoms with Crippen LogP contribution in [-0.2, 0) is 22.5 Å². The van der Waals surface area contributed by atoms with Crippen LogP contribution in [0, 0.1) is 0 Å². The summed E-state index contributed by atoms with van der Waals surface area (Å²) >= 11 is 0. The highest BCUT2D eigenvalue weighted by Crippen LogP contribution is 2.44. The van der Waals surface area contributed by atoms with Crippen molar-refractivity contribution in [2.45, 2.75) is 59.3 Å². The minimum absolute atomic E-state index is 0.218. The van der Waals surface area contributed by atoms with Crippen molar-refractivity contribution in [3.8, 4) is 0 Å². The van der Waals surface area contributed by atoms with Crippen molar-refractivity contribution in [2.75, 3.05) is 26.4 Å². The second-order valence-electron chi connectivity index (χ2n) is 4.81. The average Bonchev–Trinajstić information content (AvgIpc) is 2.47. The van der Waals surface area contributed by atoms with Gasteiger partial charge in [-0.2, -0.15) is 0 Å². The summed E-state index contributed by atoms with van der Waals surface area (Å²) in [4.78, 5) is 2.64. The molecule has 1 heterocycles. The van der Waals surface area contributed by atoms with Crippen LogP contribution in [0.5, 0.6) is 0 Å². The summed E-state index contributed by atoms with van der Waals surface area (Å²) in [6.45, 7) is 10.6. The maximum Gasteiger partial charge on any atom is 0.750 e. The summed E-state index contributed by atoms with van der Waals surface area (Å²) in [5.41, 5.74) is 0. The van der Waals surface area contributed by atoms with Gasteiger partial charge in [-0.25, -0.2) is 0 Å². The summed E-state index contributed by atoms with van der Waals surface area (Å²) in [5, 5.41) is 0. The third-order valence-electron chi connectivity index (χ3n) is 2.93. The van der Waals surface area contributed by atoms with E-state index in [1.807, 2.05) is 0 Å². The van der Waals surface area contributed by atoms with Crippen molar-refractivity contribution in [1.82, 2.24) is 4.90 Å². The number of hydrogen-bond acceptors (Lipinski definition) is 6. The topological polar surface area (TPSA) is 65.1 Å². The van der Waals surface area contributed by atoms with E-state index in [1.165, 1.54) is 58.2 Å². The van der Waals surface area contributed by atoms with Gasteiger partial charge in [0.25, 0.3) is 6.79 Å². The average molecular weight is 341 g/mol. The zero-order valence-corrected chi connectivity index (χ0v) is 15.2. The Labute approximate surface area is 130 Å². The molecule has 0 saturated carbocycles. The van der Waals surface area contributed by atoms with Gasteiger partial charge in [-0.1, -0.05) is 49.1 Å². The van der Waals surface area contributed by atoms with E-state index in [9.17, 15) is 9.13 Å². The highest BCUT2D eigenvalue weighted by molar-refractivity contribution is 7.48. The first kappa shape index (κ1) is 21.0. The molecule has 0 bridgehead atoms. The molecule has 8 heteroatoms. The Balaban J connectivity index is 0.000000423. The lowest BCUT2D eigenvalue weighted by Crippen LogP contribution is -2.27. The minimum Gasteiger partial charge on any atom is -0.303 e. The first-order valence-electron chi connectivity index (χ1n) is 7.74. The second-order valence-corrected chi connectivity index (χ2v) is 6.87. The molecule has 0 aliphatic carbocycles. The SMILES string of the molecule is CCCCN(CCCC)CCCC.O=[P+]1OCO[P+](=O)O1. The third-order valence-corrected chi connectivity index (χ3v) is 4.63. The number of hydrogen-bond donors (Lipinski definition) is 0. The number of nitrogens with zero attached hydrogens (tertiary/aromatic N) is 1. The van der Waals surface area contributed by atoms with Gasteiger partial charge in [-0.15, -0.1) is 0 Å². The van der Waals surface area contributed by atoms with Gasteiger partial charge in [-0.05, 0) is 38.9 Å². The minimum atomic E-state index is -2.19. The molecular weight excluding hydrogens is 312 g/mol. The van der Waals surface area contributed by atoms with Crippen LogP contribution in [0.15, 0.2) is 0 Å². The molecule has 21 heavy (non-hydrogen) atoms. The van der Waals surface area contributed by atoms with Gasteiger partial charge in [0.15, 0.2) is 4.31 Å². The monoisotopic (exact) mass is 341 g/mol. The van der Waals surface area contributed by atoms with Crippen LogP contribution in [0.4, 0.5) is 0 Å². The fourth-order valence-electron chi connectivity index (χ4n) is 1.69. The van der Waals surface area contributed by atoms with Crippen LogP contribution in [0.1, 0.15) is 59.3 Å². The molecule has 2 unspecified atom stereocenters. The quantitative estimate of drug-likeness (QED) is 0.549. The normalized spacial score (nSPS) is 18.5. The lowest BCUT2D eigenvalue weighted by atomic mass is 10.2. The molecule has 0 aromatic carbocycles. The zero-order valence-electron chi connectivity index (χ0n) is 13.5. The van der Waals surface area contributed by atoms with E-state index in [4.69, 9.17) is 0 Å². The van der Waals surface area contributed by atoms with Gasteiger partial charge >= 0.3 is 16.5 Å². The van der Waals surface area contributed by atoms with Crippen LogP contribution in [0.2, 0.25) is 0 Å². The molecule has 1 fully saturated rings. The van der Waals surface area contributed by atoms with Gasteiger partial charge in [-0.3, -0.25) is 0 Å². The Bertz CT molecular complexity index is 259. The summed E-state index contributed by atoms with van der Waals surface area (Å²) in [6.07, 6.45) is 8.09. The molecule has 1 rings (SSSR count). The predicted molar refractivity (Wildman–Crippen MR) is 84.5 cm³/mol. The molecule has 0 N–H and O–H groups in total. The Kier molecular flexibility index (Phi) is 15.0. The molecular formula is C13H29NO5P2+2. The Morgan fingerprint density at radius 1 is 0.810 bits per heavy atom. The molecule has 0 spiro atoms. The van der Waals surface area contributed by atoms with E-state index in [2.05, 4.69) is 39.0 Å². The standard InChI is InChI=1S/C12H27N.CH2O5P2/c1-4-7-10-13(11-8-5-2)12-9-6-3;2-7-4-1-5-8(3)6-7/h4-12H2,1-3H3;1H2/q;+2. The van der Waals surface area contributed by atoms with Crippen LogP contribution < -0.4 is 0 Å². The predicted octanol–water partition coefficient (Wildman–Crippen LogP) is 5.01. The maximum atomic E-state index is 10.1. The van der Waals surface area contributed by atoms with Crippen LogP contribution in [-0.4, -0.2) is 31.3 Å². The lowest BCUT2D eigenvalue weighted by molar-refractivity contribution is 0.0870. The Morgan fingerprint density at radius 2 is 1.19 bits per heavy atom. The molecule has 0 amide bonds. The van der Waals surface area contributed by atoms with E-state index in [0.717, 1.165) is 0 Å². The largest absolute Gasteiger partial charge is 0.750 e. The summed E-state index contributed by atoms with van der Waals surface area (Å²) < 4.78 is 32.7. The molecule has 0 aromatic rings. The number of rotatable bonds is 9. The fourth-order valence-corrected chi connectivity index (χ4v) is 2.87. The van der Waals surface area contributed by atoms with Gasteiger partial charge < -0.3 is 4.90 Å². The molecule has 1 aliphatic heterocycles. The summed E-state index contributed by atoms with van der Waals surface area (Å²) in [7, 11) is -4.38. The van der Waals surface area contributed by atoms with Crippen molar-refractivity contribution in [3.05, 3.63) is 0 Å². The van der Waals surface area contributed by atoms with Crippen molar-refractivity contribution in [1.29, 1.82) is 0 Å². The molecule has 1 saturated heterocycles. The van der Waals surface area contributed by atoms with Gasteiger partial charge in [0, 0.05) is 9.13 Å². The van der Waals surface area contributed by atoms with Crippen LogP contribution >= 0.6 is 16.5 Å². The third kappa shape index (κ3) is 13.4. The summed E-state index contributed by atoms with van der Waals surface area (Å²) in [5.74, 6) is 0. The van der Waals surface area contributed by atoms with Gasteiger partial charge in [0.1, 0.15) is 0 Å². The first-order valence-corrected chi connectivity index (χ1v) is 9.93. The van der Waals surface area contributed by atoms with E-state index >= 15 is 0 Å². The fraction of sp³-hybridized carbons (Fsp3) is 1.00. The van der Waals surface area contributed by atoms with Crippen molar-refractivity contribution in [2.24, 2.45) is 0 Å². The van der Waals surface area contributed by atoms with Gasteiger partial charge in [0.2, 0.25) is 0 Å². The Hall–Kier alpha value is 0.0400. The van der Waals surface area contributed by atoms with E-state index in [-0.39, 0.29) is 6.79 Å².